The summed E-state index contributed by atoms with van der Waals surface area (Å²) in [4.78, 5) is 14.1. The van der Waals surface area contributed by atoms with Crippen LogP contribution in [0, 0.1) is 6.92 Å². The largest absolute Gasteiger partial charge is 0.338 e. The first-order valence-electron chi connectivity index (χ1n) is 7.89. The maximum Gasteiger partial charge on any atom is 0.229 e. The number of benzene rings is 1. The molecule has 23 heavy (non-hydrogen) atoms. The Morgan fingerprint density at radius 2 is 1.91 bits per heavy atom. The first kappa shape index (κ1) is 14.1. The summed E-state index contributed by atoms with van der Waals surface area (Å²) in [6, 6.07) is 6.15. The first-order valence-corrected chi connectivity index (χ1v) is 7.89. The molecule has 1 aromatic carbocycles. The fourth-order valence-corrected chi connectivity index (χ4v) is 3.05. The third kappa shape index (κ3) is 2.35. The molecule has 2 aromatic heterocycles. The van der Waals surface area contributed by atoms with E-state index >= 15 is 0 Å². The van der Waals surface area contributed by atoms with Gasteiger partial charge in [0, 0.05) is 31.6 Å². The van der Waals surface area contributed by atoms with Crippen LogP contribution < -0.4 is 4.90 Å². The van der Waals surface area contributed by atoms with Crippen LogP contribution in [0.2, 0.25) is 0 Å². The Labute approximate surface area is 135 Å². The lowest BCUT2D eigenvalue weighted by Gasteiger charge is -2.33. The van der Waals surface area contributed by atoms with E-state index in [9.17, 15) is 0 Å². The van der Waals surface area contributed by atoms with Crippen molar-refractivity contribution in [1.82, 2.24) is 24.5 Å². The highest BCUT2D eigenvalue weighted by Gasteiger charge is 2.20. The van der Waals surface area contributed by atoms with Crippen LogP contribution >= 0.6 is 0 Å². The van der Waals surface area contributed by atoms with Crippen LogP contribution in [-0.4, -0.2) is 57.7 Å². The standard InChI is InChI=1S/C17H20N6/c1-4-13-5-6-15-14(11-13)16-18-12(2)20-23(16)17(19-15)22-9-7-21(3)8-10-22/h4-6,11H,1,7-10H2,2-3H3. The van der Waals surface area contributed by atoms with E-state index in [2.05, 4.69) is 39.6 Å². The molecule has 3 heterocycles. The second-order valence-corrected chi connectivity index (χ2v) is 6.08. The number of nitrogens with zero attached hydrogens (tertiary/aromatic N) is 6. The molecule has 1 aliphatic heterocycles. The highest BCUT2D eigenvalue weighted by molar-refractivity contribution is 5.93. The second-order valence-electron chi connectivity index (χ2n) is 6.08. The number of hydrogen-bond donors (Lipinski definition) is 0. The van der Waals surface area contributed by atoms with Crippen LogP contribution in [0.1, 0.15) is 11.4 Å². The summed E-state index contributed by atoms with van der Waals surface area (Å²) in [7, 11) is 2.15. The first-order chi connectivity index (χ1) is 11.2. The summed E-state index contributed by atoms with van der Waals surface area (Å²) in [5.41, 5.74) is 2.88. The van der Waals surface area contributed by atoms with E-state index in [0.717, 1.165) is 60.1 Å². The van der Waals surface area contributed by atoms with E-state index in [1.807, 2.05) is 29.6 Å². The van der Waals surface area contributed by atoms with Crippen molar-refractivity contribution in [2.75, 3.05) is 38.1 Å². The van der Waals surface area contributed by atoms with E-state index in [1.54, 1.807) is 0 Å². The Morgan fingerprint density at radius 1 is 1.13 bits per heavy atom. The molecule has 0 unspecified atom stereocenters. The van der Waals surface area contributed by atoms with E-state index in [0.29, 0.717) is 0 Å². The molecule has 0 amide bonds. The van der Waals surface area contributed by atoms with Gasteiger partial charge in [-0.25, -0.2) is 9.97 Å². The summed E-state index contributed by atoms with van der Waals surface area (Å²) < 4.78 is 1.88. The molecule has 0 radical (unpaired) electrons. The summed E-state index contributed by atoms with van der Waals surface area (Å²) in [5.74, 6) is 1.64. The van der Waals surface area contributed by atoms with Crippen molar-refractivity contribution in [3.05, 3.63) is 36.2 Å². The zero-order valence-electron chi connectivity index (χ0n) is 13.5. The molecule has 118 valence electrons. The number of hydrogen-bond acceptors (Lipinski definition) is 5. The minimum absolute atomic E-state index is 0.763. The number of rotatable bonds is 2. The Kier molecular flexibility index (Phi) is 3.27. The molecule has 6 heteroatoms. The zero-order valence-corrected chi connectivity index (χ0v) is 13.5. The summed E-state index contributed by atoms with van der Waals surface area (Å²) >= 11 is 0. The van der Waals surface area contributed by atoms with Gasteiger partial charge in [-0.05, 0) is 31.7 Å². The van der Waals surface area contributed by atoms with Gasteiger partial charge in [-0.3, -0.25) is 0 Å². The summed E-state index contributed by atoms with van der Waals surface area (Å²) in [6.07, 6.45) is 1.84. The van der Waals surface area contributed by atoms with Crippen molar-refractivity contribution in [3.8, 4) is 0 Å². The predicted molar refractivity (Wildman–Crippen MR) is 92.8 cm³/mol. The van der Waals surface area contributed by atoms with E-state index in [-0.39, 0.29) is 0 Å². The van der Waals surface area contributed by atoms with Crippen molar-refractivity contribution in [2.45, 2.75) is 6.92 Å². The van der Waals surface area contributed by atoms with Crippen molar-refractivity contribution in [2.24, 2.45) is 0 Å². The van der Waals surface area contributed by atoms with Gasteiger partial charge in [-0.1, -0.05) is 18.7 Å². The minimum Gasteiger partial charge on any atom is -0.338 e. The quantitative estimate of drug-likeness (QED) is 0.724. The fourth-order valence-electron chi connectivity index (χ4n) is 3.05. The maximum absolute atomic E-state index is 4.87. The molecule has 1 fully saturated rings. The third-order valence-corrected chi connectivity index (χ3v) is 4.41. The Balaban J connectivity index is 1.94. The van der Waals surface area contributed by atoms with Crippen molar-refractivity contribution in [1.29, 1.82) is 0 Å². The van der Waals surface area contributed by atoms with Gasteiger partial charge in [-0.15, -0.1) is 5.10 Å². The monoisotopic (exact) mass is 308 g/mol. The second kappa shape index (κ2) is 5.31. The van der Waals surface area contributed by atoms with Gasteiger partial charge in [0.15, 0.2) is 5.65 Å². The molecule has 1 saturated heterocycles. The lowest BCUT2D eigenvalue weighted by molar-refractivity contribution is 0.310. The molecular formula is C17H20N6. The molecule has 0 aliphatic carbocycles. The number of aromatic nitrogens is 4. The predicted octanol–water partition coefficient (Wildman–Crippen LogP) is 1.98. The van der Waals surface area contributed by atoms with Gasteiger partial charge in [0.2, 0.25) is 5.95 Å². The lowest BCUT2D eigenvalue weighted by Crippen LogP contribution is -2.45. The van der Waals surface area contributed by atoms with Crippen LogP contribution in [-0.2, 0) is 0 Å². The van der Waals surface area contributed by atoms with Crippen LogP contribution in [0.3, 0.4) is 0 Å². The van der Waals surface area contributed by atoms with Gasteiger partial charge >= 0.3 is 0 Å². The summed E-state index contributed by atoms with van der Waals surface area (Å²) in [6.45, 7) is 9.73. The van der Waals surface area contributed by atoms with Crippen molar-refractivity contribution < 1.29 is 0 Å². The highest BCUT2D eigenvalue weighted by atomic mass is 15.4. The Hall–Kier alpha value is -2.47. The Bertz CT molecular complexity index is 889. The number of anilines is 1. The molecule has 0 atom stereocenters. The van der Waals surface area contributed by atoms with Crippen LogP contribution in [0.4, 0.5) is 5.95 Å². The average molecular weight is 308 g/mol. The minimum atomic E-state index is 0.763. The number of piperazine rings is 1. The fraction of sp³-hybridized carbons (Fsp3) is 0.353. The topological polar surface area (TPSA) is 49.6 Å². The number of aryl methyl sites for hydroxylation is 1. The van der Waals surface area contributed by atoms with Gasteiger partial charge < -0.3 is 9.80 Å². The molecule has 6 nitrogen and oxygen atoms in total. The van der Waals surface area contributed by atoms with Gasteiger partial charge in [0.05, 0.1) is 5.52 Å². The SMILES string of the molecule is C=Cc1ccc2nc(N3CCN(C)CC3)n3nc(C)nc3c2c1. The van der Waals surface area contributed by atoms with Gasteiger partial charge in [0.25, 0.3) is 0 Å². The summed E-state index contributed by atoms with van der Waals surface area (Å²) in [5, 5.41) is 5.59. The van der Waals surface area contributed by atoms with E-state index in [1.165, 1.54) is 0 Å². The number of fused-ring (bicyclic) bond motifs is 3. The maximum atomic E-state index is 4.87. The van der Waals surface area contributed by atoms with Crippen LogP contribution in [0.5, 0.6) is 0 Å². The van der Waals surface area contributed by atoms with Crippen LogP contribution in [0.15, 0.2) is 24.8 Å². The van der Waals surface area contributed by atoms with Gasteiger partial charge in [-0.2, -0.15) is 4.52 Å². The van der Waals surface area contributed by atoms with Crippen LogP contribution in [0.25, 0.3) is 22.6 Å². The zero-order chi connectivity index (χ0) is 16.0. The number of likely N-dealkylation sites (N-methyl/N-ethyl adjacent to an activating group) is 1. The average Bonchev–Trinajstić information content (AvgIpc) is 2.96. The highest BCUT2D eigenvalue weighted by Crippen LogP contribution is 2.24. The smallest absolute Gasteiger partial charge is 0.229 e. The molecule has 0 spiro atoms. The van der Waals surface area contributed by atoms with Gasteiger partial charge in [0.1, 0.15) is 5.82 Å². The molecule has 0 N–H and O–H groups in total. The van der Waals surface area contributed by atoms with E-state index < -0.39 is 0 Å². The molecule has 0 saturated carbocycles. The Morgan fingerprint density at radius 3 is 2.65 bits per heavy atom. The molecule has 1 aliphatic rings. The van der Waals surface area contributed by atoms with E-state index in [4.69, 9.17) is 4.98 Å². The van der Waals surface area contributed by atoms with Crippen molar-refractivity contribution in [3.63, 3.8) is 0 Å². The molecular weight excluding hydrogens is 288 g/mol. The molecule has 3 aromatic rings. The third-order valence-electron chi connectivity index (χ3n) is 4.41. The molecule has 4 rings (SSSR count). The molecule has 0 bridgehead atoms. The lowest BCUT2D eigenvalue weighted by atomic mass is 10.1. The normalized spacial score (nSPS) is 16.3. The van der Waals surface area contributed by atoms with Crippen molar-refractivity contribution >= 4 is 28.6 Å².